The number of rotatable bonds is 2. The molecule has 0 heterocycles. The third kappa shape index (κ3) is 2.06. The third-order valence-corrected chi connectivity index (χ3v) is 2.72. The average molecular weight is 230 g/mol. The van der Waals surface area contributed by atoms with Gasteiger partial charge in [-0.25, -0.2) is 0 Å². The SMILES string of the molecule is Cc1cc(C)c(C(N)C(=O)O)c(O)c1Cl. The number of halogens is 1. The highest BCUT2D eigenvalue weighted by Gasteiger charge is 2.22. The number of carboxylic acids is 1. The first-order valence-corrected chi connectivity index (χ1v) is 4.71. The normalized spacial score (nSPS) is 12.5. The Bertz CT molecular complexity index is 418. The molecule has 0 saturated heterocycles. The van der Waals surface area contributed by atoms with Crippen LogP contribution in [0.5, 0.6) is 5.75 Å². The van der Waals surface area contributed by atoms with Crippen LogP contribution in [0.15, 0.2) is 6.07 Å². The molecular formula is C10H12ClNO3. The second-order valence-electron chi connectivity index (χ2n) is 3.40. The maximum absolute atomic E-state index is 10.7. The van der Waals surface area contributed by atoms with Crippen molar-refractivity contribution in [1.29, 1.82) is 0 Å². The van der Waals surface area contributed by atoms with Gasteiger partial charge in [0.05, 0.1) is 5.02 Å². The summed E-state index contributed by atoms with van der Waals surface area (Å²) in [6, 6.07) is 0.434. The number of hydrogen-bond donors (Lipinski definition) is 3. The van der Waals surface area contributed by atoms with Crippen molar-refractivity contribution in [1.82, 2.24) is 0 Å². The van der Waals surface area contributed by atoms with Crippen molar-refractivity contribution in [2.75, 3.05) is 0 Å². The van der Waals surface area contributed by atoms with Gasteiger partial charge in [0.1, 0.15) is 11.8 Å². The summed E-state index contributed by atoms with van der Waals surface area (Å²) in [4.78, 5) is 10.7. The average Bonchev–Trinajstić information content (AvgIpc) is 2.14. The van der Waals surface area contributed by atoms with Gasteiger partial charge in [-0.05, 0) is 25.0 Å². The number of hydrogen-bond acceptors (Lipinski definition) is 3. The summed E-state index contributed by atoms with van der Waals surface area (Å²) in [5.74, 6) is -1.45. The predicted octanol–water partition coefficient (Wildman–Crippen LogP) is 1.75. The Morgan fingerprint density at radius 3 is 2.47 bits per heavy atom. The van der Waals surface area contributed by atoms with E-state index in [4.69, 9.17) is 22.4 Å². The van der Waals surface area contributed by atoms with Crippen LogP contribution >= 0.6 is 11.6 Å². The maximum Gasteiger partial charge on any atom is 0.325 e. The molecule has 1 rings (SSSR count). The summed E-state index contributed by atoms with van der Waals surface area (Å²) in [6.45, 7) is 3.41. The van der Waals surface area contributed by atoms with E-state index in [2.05, 4.69) is 0 Å². The Hall–Kier alpha value is -1.26. The summed E-state index contributed by atoms with van der Waals surface area (Å²) in [5, 5.41) is 18.6. The van der Waals surface area contributed by atoms with Crippen LogP contribution in [-0.4, -0.2) is 16.2 Å². The number of benzene rings is 1. The van der Waals surface area contributed by atoms with Gasteiger partial charge in [0.25, 0.3) is 0 Å². The second kappa shape index (κ2) is 4.08. The molecule has 1 unspecified atom stereocenters. The number of carbonyl (C=O) groups is 1. The number of nitrogens with two attached hydrogens (primary N) is 1. The summed E-state index contributed by atoms with van der Waals surface area (Å²) in [6.07, 6.45) is 0. The van der Waals surface area contributed by atoms with E-state index in [1.807, 2.05) is 0 Å². The molecule has 0 aliphatic rings. The summed E-state index contributed by atoms with van der Waals surface area (Å²) >= 11 is 5.81. The lowest BCUT2D eigenvalue weighted by molar-refractivity contribution is -0.138. The number of phenolic OH excluding ortho intramolecular Hbond substituents is 1. The third-order valence-electron chi connectivity index (χ3n) is 2.24. The monoisotopic (exact) mass is 229 g/mol. The highest BCUT2D eigenvalue weighted by molar-refractivity contribution is 6.33. The minimum absolute atomic E-state index is 0.146. The zero-order valence-corrected chi connectivity index (χ0v) is 9.17. The summed E-state index contributed by atoms with van der Waals surface area (Å²) in [5.41, 5.74) is 6.91. The van der Waals surface area contributed by atoms with Crippen molar-refractivity contribution in [2.24, 2.45) is 5.73 Å². The van der Waals surface area contributed by atoms with E-state index in [1.54, 1.807) is 19.9 Å². The van der Waals surface area contributed by atoms with Crippen molar-refractivity contribution in [3.8, 4) is 5.75 Å². The van der Waals surface area contributed by atoms with E-state index in [-0.39, 0.29) is 16.3 Å². The molecular weight excluding hydrogens is 218 g/mol. The summed E-state index contributed by atoms with van der Waals surface area (Å²) < 4.78 is 0. The van der Waals surface area contributed by atoms with Gasteiger partial charge in [0.2, 0.25) is 0 Å². The minimum atomic E-state index is -1.26. The van der Waals surface area contributed by atoms with Crippen LogP contribution in [0.3, 0.4) is 0 Å². The first kappa shape index (κ1) is 11.8. The van der Waals surface area contributed by atoms with Gasteiger partial charge < -0.3 is 15.9 Å². The molecule has 0 fully saturated rings. The van der Waals surface area contributed by atoms with Crippen molar-refractivity contribution in [3.05, 3.63) is 27.8 Å². The van der Waals surface area contributed by atoms with Crippen LogP contribution in [0.4, 0.5) is 0 Å². The smallest absolute Gasteiger partial charge is 0.325 e. The van der Waals surface area contributed by atoms with Gasteiger partial charge in [0.15, 0.2) is 0 Å². The number of carboxylic acid groups (broad SMARTS) is 1. The van der Waals surface area contributed by atoms with Crippen LogP contribution in [-0.2, 0) is 4.79 Å². The van der Waals surface area contributed by atoms with E-state index in [0.29, 0.717) is 11.1 Å². The minimum Gasteiger partial charge on any atom is -0.506 e. The fourth-order valence-electron chi connectivity index (χ4n) is 1.47. The van der Waals surface area contributed by atoms with E-state index in [1.165, 1.54) is 0 Å². The van der Waals surface area contributed by atoms with Crippen LogP contribution in [0.2, 0.25) is 5.02 Å². The molecule has 0 aliphatic heterocycles. The van der Waals surface area contributed by atoms with Gasteiger partial charge in [-0.2, -0.15) is 0 Å². The zero-order valence-electron chi connectivity index (χ0n) is 8.41. The van der Waals surface area contributed by atoms with E-state index in [9.17, 15) is 9.90 Å². The topological polar surface area (TPSA) is 83.6 Å². The van der Waals surface area contributed by atoms with Crippen molar-refractivity contribution >= 4 is 17.6 Å². The molecule has 1 atom stereocenters. The molecule has 0 bridgehead atoms. The van der Waals surface area contributed by atoms with Crippen molar-refractivity contribution in [2.45, 2.75) is 19.9 Å². The Morgan fingerprint density at radius 1 is 1.47 bits per heavy atom. The molecule has 82 valence electrons. The molecule has 0 saturated carbocycles. The first-order chi connectivity index (χ1) is 6.86. The molecule has 1 aromatic carbocycles. The second-order valence-corrected chi connectivity index (χ2v) is 3.78. The Morgan fingerprint density at radius 2 is 2.00 bits per heavy atom. The molecule has 15 heavy (non-hydrogen) atoms. The zero-order chi connectivity index (χ0) is 11.7. The first-order valence-electron chi connectivity index (χ1n) is 4.33. The molecule has 0 aliphatic carbocycles. The Kier molecular flexibility index (Phi) is 3.21. The molecule has 0 radical (unpaired) electrons. The van der Waals surface area contributed by atoms with Crippen LogP contribution in [0, 0.1) is 13.8 Å². The number of phenols is 1. The highest BCUT2D eigenvalue weighted by Crippen LogP contribution is 2.36. The van der Waals surface area contributed by atoms with Crippen LogP contribution < -0.4 is 5.73 Å². The van der Waals surface area contributed by atoms with Gasteiger partial charge in [0, 0.05) is 5.56 Å². The fraction of sp³-hybridized carbons (Fsp3) is 0.300. The molecule has 5 heteroatoms. The molecule has 0 spiro atoms. The van der Waals surface area contributed by atoms with Crippen LogP contribution in [0.1, 0.15) is 22.7 Å². The van der Waals surface area contributed by atoms with Crippen molar-refractivity contribution in [3.63, 3.8) is 0 Å². The number of aryl methyl sites for hydroxylation is 2. The number of aliphatic carboxylic acids is 1. The van der Waals surface area contributed by atoms with Crippen LogP contribution in [0.25, 0.3) is 0 Å². The lowest BCUT2D eigenvalue weighted by Crippen LogP contribution is -2.22. The quantitative estimate of drug-likeness (QED) is 0.721. The lowest BCUT2D eigenvalue weighted by Gasteiger charge is -2.15. The fourth-order valence-corrected chi connectivity index (χ4v) is 1.63. The Labute approximate surface area is 92.3 Å². The van der Waals surface area contributed by atoms with Gasteiger partial charge >= 0.3 is 5.97 Å². The molecule has 0 aromatic heterocycles. The van der Waals surface area contributed by atoms with Gasteiger partial charge in [-0.1, -0.05) is 17.7 Å². The van der Waals surface area contributed by atoms with E-state index < -0.39 is 12.0 Å². The number of aromatic hydroxyl groups is 1. The van der Waals surface area contributed by atoms with E-state index in [0.717, 1.165) is 0 Å². The highest BCUT2D eigenvalue weighted by atomic mass is 35.5. The molecule has 1 aromatic rings. The standard InChI is InChI=1S/C10H12ClNO3/c1-4-3-5(2)7(11)9(13)6(4)8(12)10(14)15/h3,8,13H,12H2,1-2H3,(H,14,15). The largest absolute Gasteiger partial charge is 0.506 e. The maximum atomic E-state index is 10.7. The van der Waals surface area contributed by atoms with Gasteiger partial charge in [-0.3, -0.25) is 4.79 Å². The predicted molar refractivity (Wildman–Crippen MR) is 57.2 cm³/mol. The van der Waals surface area contributed by atoms with E-state index >= 15 is 0 Å². The Balaban J connectivity index is 3.42. The lowest BCUT2D eigenvalue weighted by atomic mass is 9.98. The molecule has 0 amide bonds. The van der Waals surface area contributed by atoms with Crippen molar-refractivity contribution < 1.29 is 15.0 Å². The molecule has 4 nitrogen and oxygen atoms in total. The molecule has 4 N–H and O–H groups in total. The van der Waals surface area contributed by atoms with Gasteiger partial charge in [-0.15, -0.1) is 0 Å². The summed E-state index contributed by atoms with van der Waals surface area (Å²) in [7, 11) is 0.